The first-order valence-electron chi connectivity index (χ1n) is 7.82. The Balaban J connectivity index is 1.92. The summed E-state index contributed by atoms with van der Waals surface area (Å²) < 4.78 is 12.6. The molecule has 0 radical (unpaired) electrons. The molecule has 0 aliphatic heterocycles. The molecule has 25 heavy (non-hydrogen) atoms. The van der Waals surface area contributed by atoms with Crippen LogP contribution in [0.2, 0.25) is 5.02 Å². The molecule has 0 aliphatic carbocycles. The molecule has 1 N–H and O–H groups in total. The first-order valence-corrected chi connectivity index (χ1v) is 8.20. The Morgan fingerprint density at radius 3 is 2.48 bits per heavy atom. The van der Waals surface area contributed by atoms with Crippen LogP contribution in [0.25, 0.3) is 10.9 Å². The minimum Gasteiger partial charge on any atom is -0.497 e. The molecular weight excluding hydrogens is 340 g/mol. The van der Waals surface area contributed by atoms with Crippen LogP contribution in [-0.4, -0.2) is 24.7 Å². The van der Waals surface area contributed by atoms with Crippen molar-refractivity contribution in [2.45, 2.75) is 13.0 Å². The summed E-state index contributed by atoms with van der Waals surface area (Å²) in [5.74, 6) is 1.26. The summed E-state index contributed by atoms with van der Waals surface area (Å²) in [4.78, 5) is 12.6. The molecule has 1 heterocycles. The Kier molecular flexibility index (Phi) is 4.86. The van der Waals surface area contributed by atoms with Crippen molar-refractivity contribution in [1.82, 2.24) is 4.57 Å². The second kappa shape index (κ2) is 7.07. The van der Waals surface area contributed by atoms with Crippen LogP contribution < -0.4 is 14.8 Å². The number of hydrogen-bond donors (Lipinski definition) is 1. The van der Waals surface area contributed by atoms with Crippen LogP contribution in [0.15, 0.2) is 48.7 Å². The molecule has 130 valence electrons. The number of rotatable bonds is 5. The smallest absolute Gasteiger partial charge is 0.247 e. The molecule has 3 aromatic rings. The number of halogens is 1. The number of nitrogens with zero attached hydrogens (tertiary/aromatic N) is 1. The maximum absolute atomic E-state index is 12.6. The van der Waals surface area contributed by atoms with Crippen LogP contribution in [0.4, 0.5) is 5.69 Å². The van der Waals surface area contributed by atoms with Crippen molar-refractivity contribution in [1.29, 1.82) is 0 Å². The zero-order valence-electron chi connectivity index (χ0n) is 14.2. The summed E-state index contributed by atoms with van der Waals surface area (Å²) in [5, 5.41) is 4.45. The summed E-state index contributed by atoms with van der Waals surface area (Å²) in [7, 11) is 3.22. The van der Waals surface area contributed by atoms with Crippen molar-refractivity contribution in [3.05, 3.63) is 53.7 Å². The Morgan fingerprint density at radius 2 is 1.84 bits per heavy atom. The number of carbonyl (C=O) groups excluding carboxylic acids is 1. The van der Waals surface area contributed by atoms with Gasteiger partial charge in [-0.1, -0.05) is 11.6 Å². The van der Waals surface area contributed by atoms with Crippen molar-refractivity contribution in [3.8, 4) is 11.5 Å². The predicted octanol–water partition coefficient (Wildman–Crippen LogP) is 4.51. The number of nitrogens with one attached hydrogen (secondary N) is 1. The van der Waals surface area contributed by atoms with E-state index in [-0.39, 0.29) is 5.91 Å². The van der Waals surface area contributed by atoms with Crippen molar-refractivity contribution in [2.75, 3.05) is 19.5 Å². The molecule has 1 aromatic heterocycles. The van der Waals surface area contributed by atoms with Crippen molar-refractivity contribution >= 4 is 34.1 Å². The topological polar surface area (TPSA) is 52.5 Å². The van der Waals surface area contributed by atoms with E-state index in [4.69, 9.17) is 21.1 Å². The van der Waals surface area contributed by atoms with E-state index in [1.807, 2.05) is 35.9 Å². The third-order valence-electron chi connectivity index (χ3n) is 4.14. The van der Waals surface area contributed by atoms with Gasteiger partial charge in [-0.05, 0) is 37.3 Å². The Bertz CT molecular complexity index is 903. The number of hydrogen-bond acceptors (Lipinski definition) is 3. The molecule has 0 saturated heterocycles. The molecule has 5 nitrogen and oxygen atoms in total. The SMILES string of the molecule is COc1cc(OC)c2ccn(C(C)C(=O)Nc3ccc(Cl)cc3)c2c1. The number of ether oxygens (including phenoxy) is 2. The number of anilines is 1. The molecule has 1 amide bonds. The predicted molar refractivity (Wildman–Crippen MR) is 99.8 cm³/mol. The van der Waals surface area contributed by atoms with Crippen molar-refractivity contribution in [3.63, 3.8) is 0 Å². The van der Waals surface area contributed by atoms with Gasteiger partial charge in [-0.25, -0.2) is 0 Å². The van der Waals surface area contributed by atoms with Gasteiger partial charge in [0.15, 0.2) is 0 Å². The Hall–Kier alpha value is -2.66. The third kappa shape index (κ3) is 3.42. The van der Waals surface area contributed by atoms with E-state index in [9.17, 15) is 4.79 Å². The minimum atomic E-state index is -0.412. The van der Waals surface area contributed by atoms with E-state index in [1.165, 1.54) is 0 Å². The number of methoxy groups -OCH3 is 2. The standard InChI is InChI=1S/C19H19ClN2O3/c1-12(19(23)21-14-6-4-13(20)5-7-14)22-9-8-16-17(22)10-15(24-2)11-18(16)25-3/h4-12H,1-3H3,(H,21,23). The fourth-order valence-corrected chi connectivity index (χ4v) is 2.86. The Morgan fingerprint density at radius 1 is 1.12 bits per heavy atom. The highest BCUT2D eigenvalue weighted by Gasteiger charge is 2.19. The Labute approximate surface area is 151 Å². The summed E-state index contributed by atoms with van der Waals surface area (Å²) in [5.41, 5.74) is 1.57. The quantitative estimate of drug-likeness (QED) is 0.730. The zero-order chi connectivity index (χ0) is 18.0. The van der Waals surface area contributed by atoms with Gasteiger partial charge in [-0.15, -0.1) is 0 Å². The van der Waals surface area contributed by atoms with Crippen LogP contribution in [-0.2, 0) is 4.79 Å². The van der Waals surface area contributed by atoms with E-state index in [2.05, 4.69) is 5.32 Å². The third-order valence-corrected chi connectivity index (χ3v) is 4.39. The van der Waals surface area contributed by atoms with Gasteiger partial charge in [-0.2, -0.15) is 0 Å². The average Bonchev–Trinajstić information content (AvgIpc) is 3.05. The van der Waals surface area contributed by atoms with Crippen LogP contribution in [0.1, 0.15) is 13.0 Å². The monoisotopic (exact) mass is 358 g/mol. The van der Waals surface area contributed by atoms with Gasteiger partial charge < -0.3 is 19.4 Å². The molecule has 1 atom stereocenters. The van der Waals surface area contributed by atoms with E-state index in [0.29, 0.717) is 22.2 Å². The van der Waals surface area contributed by atoms with Gasteiger partial charge in [0.05, 0.1) is 19.7 Å². The van der Waals surface area contributed by atoms with Gasteiger partial charge >= 0.3 is 0 Å². The normalized spacial score (nSPS) is 12.0. The van der Waals surface area contributed by atoms with Gasteiger partial charge in [0, 0.05) is 34.4 Å². The molecule has 0 aliphatic rings. The van der Waals surface area contributed by atoms with Crippen LogP contribution in [0.5, 0.6) is 11.5 Å². The van der Waals surface area contributed by atoms with Gasteiger partial charge in [0.2, 0.25) is 5.91 Å². The lowest BCUT2D eigenvalue weighted by molar-refractivity contribution is -0.118. The summed E-state index contributed by atoms with van der Waals surface area (Å²) in [6.07, 6.45) is 1.87. The van der Waals surface area contributed by atoms with E-state index in [1.54, 1.807) is 38.5 Å². The van der Waals surface area contributed by atoms with E-state index >= 15 is 0 Å². The number of carbonyl (C=O) groups is 1. The number of amides is 1. The zero-order valence-corrected chi connectivity index (χ0v) is 15.0. The fraction of sp³-hybridized carbons (Fsp3) is 0.211. The summed E-state index contributed by atoms with van der Waals surface area (Å²) in [6, 6.07) is 12.3. The maximum Gasteiger partial charge on any atom is 0.247 e. The van der Waals surface area contributed by atoms with Crippen molar-refractivity contribution in [2.24, 2.45) is 0 Å². The van der Waals surface area contributed by atoms with Crippen LogP contribution in [0, 0.1) is 0 Å². The molecule has 1 unspecified atom stereocenters. The molecule has 0 spiro atoms. The number of aromatic nitrogens is 1. The lowest BCUT2D eigenvalue weighted by Crippen LogP contribution is -2.23. The first kappa shape index (κ1) is 17.2. The number of benzene rings is 2. The van der Waals surface area contributed by atoms with Gasteiger partial charge in [0.25, 0.3) is 0 Å². The molecular formula is C19H19ClN2O3. The molecule has 3 rings (SSSR count). The minimum absolute atomic E-state index is 0.124. The second-order valence-electron chi connectivity index (χ2n) is 5.66. The highest BCUT2D eigenvalue weighted by molar-refractivity contribution is 6.30. The number of fused-ring (bicyclic) bond motifs is 1. The highest BCUT2D eigenvalue weighted by atomic mass is 35.5. The highest BCUT2D eigenvalue weighted by Crippen LogP contribution is 2.33. The molecule has 2 aromatic carbocycles. The van der Waals surface area contributed by atoms with E-state index < -0.39 is 6.04 Å². The fourth-order valence-electron chi connectivity index (χ4n) is 2.73. The first-order chi connectivity index (χ1) is 12.0. The maximum atomic E-state index is 12.6. The average molecular weight is 359 g/mol. The molecule has 0 saturated carbocycles. The van der Waals surface area contributed by atoms with Crippen molar-refractivity contribution < 1.29 is 14.3 Å². The second-order valence-corrected chi connectivity index (χ2v) is 6.09. The summed E-state index contributed by atoms with van der Waals surface area (Å²) >= 11 is 5.87. The largest absolute Gasteiger partial charge is 0.497 e. The summed E-state index contributed by atoms with van der Waals surface area (Å²) in [6.45, 7) is 1.84. The lowest BCUT2D eigenvalue weighted by Gasteiger charge is -2.16. The molecule has 0 fully saturated rings. The van der Waals surface area contributed by atoms with Crippen LogP contribution >= 0.6 is 11.6 Å². The lowest BCUT2D eigenvalue weighted by atomic mass is 10.2. The van der Waals surface area contributed by atoms with Crippen LogP contribution in [0.3, 0.4) is 0 Å². The van der Waals surface area contributed by atoms with Gasteiger partial charge in [0.1, 0.15) is 17.5 Å². The molecule has 0 bridgehead atoms. The van der Waals surface area contributed by atoms with E-state index in [0.717, 1.165) is 10.9 Å². The van der Waals surface area contributed by atoms with Gasteiger partial charge in [-0.3, -0.25) is 4.79 Å². The molecule has 6 heteroatoms.